The molecule has 0 bridgehead atoms. The lowest BCUT2D eigenvalue weighted by molar-refractivity contribution is -0.141. The second kappa shape index (κ2) is 4.08. The lowest BCUT2D eigenvalue weighted by Gasteiger charge is -2.25. The molecule has 0 aromatic carbocycles. The molecule has 1 heterocycles. The Morgan fingerprint density at radius 1 is 1.44 bits per heavy atom. The quantitative estimate of drug-likeness (QED) is 0.841. The third-order valence-electron chi connectivity index (χ3n) is 3.03. The zero-order valence-electron chi connectivity index (χ0n) is 8.99. The average Bonchev–Trinajstić information content (AvgIpc) is 2.46. The van der Waals surface area contributed by atoms with E-state index in [1.165, 1.54) is 0 Å². The molecule has 1 aromatic heterocycles. The largest absolute Gasteiger partial charge is 0.435 e. The highest BCUT2D eigenvalue weighted by atomic mass is 19.4. The van der Waals surface area contributed by atoms with E-state index in [0.29, 0.717) is 5.69 Å². The summed E-state index contributed by atoms with van der Waals surface area (Å²) in [6.45, 7) is 0.206. The predicted molar refractivity (Wildman–Crippen MR) is 52.9 cm³/mol. The molecule has 1 aliphatic rings. The predicted octanol–water partition coefficient (Wildman–Crippen LogP) is 2.42. The summed E-state index contributed by atoms with van der Waals surface area (Å²) >= 11 is 0. The molecule has 0 atom stereocenters. The molecule has 0 unspecified atom stereocenters. The van der Waals surface area contributed by atoms with Gasteiger partial charge in [-0.2, -0.15) is 18.3 Å². The Morgan fingerprint density at radius 2 is 2.12 bits per heavy atom. The minimum atomic E-state index is -4.37. The highest BCUT2D eigenvalue weighted by Crippen LogP contribution is 2.40. The fourth-order valence-corrected chi connectivity index (χ4v) is 2.00. The third kappa shape index (κ3) is 1.93. The Balaban J connectivity index is 2.34. The van der Waals surface area contributed by atoms with Gasteiger partial charge in [-0.05, 0) is 19.9 Å². The van der Waals surface area contributed by atoms with Crippen molar-refractivity contribution in [3.63, 3.8) is 0 Å². The molecule has 1 aromatic rings. The monoisotopic (exact) mass is 233 g/mol. The maximum Gasteiger partial charge on any atom is 0.435 e. The first-order chi connectivity index (χ1) is 7.54. The van der Waals surface area contributed by atoms with Crippen LogP contribution in [-0.4, -0.2) is 17.2 Å². The van der Waals surface area contributed by atoms with Crippen LogP contribution < -0.4 is 5.32 Å². The Hall–Kier alpha value is -1.04. The molecule has 6 heteroatoms. The third-order valence-corrected chi connectivity index (χ3v) is 3.03. The van der Waals surface area contributed by atoms with Crippen LogP contribution in [0.15, 0.2) is 0 Å². The van der Waals surface area contributed by atoms with Crippen LogP contribution in [0, 0.1) is 0 Å². The van der Waals surface area contributed by atoms with Crippen LogP contribution in [0.4, 0.5) is 13.2 Å². The van der Waals surface area contributed by atoms with Gasteiger partial charge in [-0.25, -0.2) is 0 Å². The molecule has 0 spiro atoms. The van der Waals surface area contributed by atoms with Crippen LogP contribution in [0.2, 0.25) is 0 Å². The summed E-state index contributed by atoms with van der Waals surface area (Å²) in [4.78, 5) is 0. The highest BCUT2D eigenvalue weighted by molar-refractivity contribution is 5.31. The van der Waals surface area contributed by atoms with Gasteiger partial charge >= 0.3 is 6.18 Å². The molecule has 1 saturated carbocycles. The smallest absolute Gasteiger partial charge is 0.316 e. The van der Waals surface area contributed by atoms with E-state index in [1.54, 1.807) is 7.05 Å². The summed E-state index contributed by atoms with van der Waals surface area (Å²) in [6, 6.07) is 0. The maximum atomic E-state index is 12.7. The van der Waals surface area contributed by atoms with E-state index in [9.17, 15) is 13.2 Å². The van der Waals surface area contributed by atoms with Crippen LogP contribution in [0.5, 0.6) is 0 Å². The van der Waals surface area contributed by atoms with Gasteiger partial charge in [-0.15, -0.1) is 0 Å². The number of hydrogen-bond donors (Lipinski definition) is 2. The summed E-state index contributed by atoms with van der Waals surface area (Å²) in [7, 11) is 1.64. The van der Waals surface area contributed by atoms with Crippen molar-refractivity contribution >= 4 is 0 Å². The molecule has 1 aliphatic carbocycles. The van der Waals surface area contributed by atoms with Crippen molar-refractivity contribution < 1.29 is 13.2 Å². The van der Waals surface area contributed by atoms with Gasteiger partial charge in [0.15, 0.2) is 5.69 Å². The average molecular weight is 233 g/mol. The molecule has 90 valence electrons. The molecular weight excluding hydrogens is 219 g/mol. The Bertz CT molecular complexity index is 366. The molecule has 0 amide bonds. The van der Waals surface area contributed by atoms with E-state index in [2.05, 4.69) is 15.5 Å². The normalized spacial score (nSPS) is 17.5. The zero-order valence-corrected chi connectivity index (χ0v) is 8.99. The molecule has 2 rings (SSSR count). The van der Waals surface area contributed by atoms with Gasteiger partial charge in [0.05, 0.1) is 0 Å². The van der Waals surface area contributed by atoms with Crippen LogP contribution in [0.1, 0.15) is 42.1 Å². The number of aromatic amines is 1. The minimum Gasteiger partial charge on any atom is -0.316 e. The first-order valence-corrected chi connectivity index (χ1v) is 5.33. The first kappa shape index (κ1) is 11.4. The van der Waals surface area contributed by atoms with Gasteiger partial charge < -0.3 is 5.32 Å². The number of hydrogen-bond acceptors (Lipinski definition) is 2. The van der Waals surface area contributed by atoms with Gasteiger partial charge in [-0.3, -0.25) is 5.10 Å². The number of rotatable bonds is 3. The van der Waals surface area contributed by atoms with Gasteiger partial charge in [0, 0.05) is 23.7 Å². The van der Waals surface area contributed by atoms with Gasteiger partial charge in [-0.1, -0.05) is 6.42 Å². The second-order valence-corrected chi connectivity index (χ2v) is 4.12. The van der Waals surface area contributed by atoms with Crippen LogP contribution >= 0.6 is 0 Å². The maximum absolute atomic E-state index is 12.7. The zero-order chi connectivity index (χ0) is 11.8. The van der Waals surface area contributed by atoms with Gasteiger partial charge in [0.25, 0.3) is 0 Å². The van der Waals surface area contributed by atoms with E-state index in [0.717, 1.165) is 19.3 Å². The topological polar surface area (TPSA) is 40.7 Å². The SMILES string of the molecule is CNCc1c(C(F)(F)F)n[nH]c1C1CCC1. The molecule has 0 saturated heterocycles. The number of halogens is 3. The van der Waals surface area contributed by atoms with Crippen molar-refractivity contribution in [1.82, 2.24) is 15.5 Å². The summed E-state index contributed by atoms with van der Waals surface area (Å²) in [6.07, 6.45) is -1.37. The first-order valence-electron chi connectivity index (χ1n) is 5.33. The summed E-state index contributed by atoms with van der Waals surface area (Å²) in [5.74, 6) is 0.229. The Labute approximate surface area is 91.4 Å². The number of alkyl halides is 3. The lowest BCUT2D eigenvalue weighted by Crippen LogP contribution is -2.17. The van der Waals surface area contributed by atoms with E-state index in [-0.39, 0.29) is 18.0 Å². The number of H-pyrrole nitrogens is 1. The second-order valence-electron chi connectivity index (χ2n) is 4.12. The van der Waals surface area contributed by atoms with Gasteiger partial charge in [0.2, 0.25) is 0 Å². The standard InChI is InChI=1S/C10H14F3N3/c1-14-5-7-8(6-3-2-4-6)15-16-9(7)10(11,12)13/h6,14H,2-5H2,1H3,(H,15,16). The minimum absolute atomic E-state index is 0.206. The number of nitrogens with one attached hydrogen (secondary N) is 2. The molecule has 16 heavy (non-hydrogen) atoms. The molecule has 0 aliphatic heterocycles. The molecule has 1 fully saturated rings. The van der Waals surface area contributed by atoms with Crippen LogP contribution in [0.3, 0.4) is 0 Å². The lowest BCUT2D eigenvalue weighted by atomic mass is 9.81. The van der Waals surface area contributed by atoms with E-state index in [4.69, 9.17) is 0 Å². The molecule has 2 N–H and O–H groups in total. The highest BCUT2D eigenvalue weighted by Gasteiger charge is 2.39. The summed E-state index contributed by atoms with van der Waals surface area (Å²) < 4.78 is 38.0. The van der Waals surface area contributed by atoms with Crippen molar-refractivity contribution in [1.29, 1.82) is 0 Å². The fourth-order valence-electron chi connectivity index (χ4n) is 2.00. The number of aromatic nitrogens is 2. The fraction of sp³-hybridized carbons (Fsp3) is 0.700. The van der Waals surface area contributed by atoms with Crippen LogP contribution in [0.25, 0.3) is 0 Å². The van der Waals surface area contributed by atoms with Crippen molar-refractivity contribution in [3.05, 3.63) is 17.0 Å². The van der Waals surface area contributed by atoms with E-state index < -0.39 is 11.9 Å². The Kier molecular flexibility index (Phi) is 2.92. The Morgan fingerprint density at radius 3 is 2.56 bits per heavy atom. The molecule has 3 nitrogen and oxygen atoms in total. The number of nitrogens with zero attached hydrogens (tertiary/aromatic N) is 1. The van der Waals surface area contributed by atoms with E-state index in [1.807, 2.05) is 0 Å². The van der Waals surface area contributed by atoms with Crippen molar-refractivity contribution in [2.75, 3.05) is 7.05 Å². The van der Waals surface area contributed by atoms with Crippen molar-refractivity contribution in [3.8, 4) is 0 Å². The van der Waals surface area contributed by atoms with E-state index >= 15 is 0 Å². The van der Waals surface area contributed by atoms with Gasteiger partial charge in [0.1, 0.15) is 0 Å². The summed E-state index contributed by atoms with van der Waals surface area (Å²) in [5, 5.41) is 8.74. The molecular formula is C10H14F3N3. The van der Waals surface area contributed by atoms with Crippen molar-refractivity contribution in [2.24, 2.45) is 0 Å². The van der Waals surface area contributed by atoms with Crippen molar-refractivity contribution in [2.45, 2.75) is 37.9 Å². The summed E-state index contributed by atoms with van der Waals surface area (Å²) in [5.41, 5.74) is 0.163. The van der Waals surface area contributed by atoms with Crippen LogP contribution in [-0.2, 0) is 12.7 Å². The molecule has 0 radical (unpaired) electrons.